The lowest BCUT2D eigenvalue weighted by Gasteiger charge is -2.30. The van der Waals surface area contributed by atoms with E-state index >= 15 is 0 Å². The molecule has 0 spiro atoms. The predicted molar refractivity (Wildman–Crippen MR) is 82.5 cm³/mol. The molecule has 1 heterocycles. The molecule has 1 aromatic rings. The summed E-state index contributed by atoms with van der Waals surface area (Å²) in [4.78, 5) is 11.9. The maximum Gasteiger partial charge on any atom is 0.325 e. The summed E-state index contributed by atoms with van der Waals surface area (Å²) < 4.78 is 7.79. The largest absolute Gasteiger partial charge is 0.468 e. The zero-order valence-electron chi connectivity index (χ0n) is 12.6. The van der Waals surface area contributed by atoms with E-state index in [9.17, 15) is 4.79 Å². The number of unbranched alkanes of at least 4 members (excludes halogenated alkanes) is 1. The molecule has 0 bridgehead atoms. The van der Waals surface area contributed by atoms with Gasteiger partial charge in [-0.25, -0.2) is 0 Å². The van der Waals surface area contributed by atoms with Gasteiger partial charge >= 0.3 is 5.97 Å². The maximum absolute atomic E-state index is 11.9. The molecule has 0 saturated heterocycles. The molecule has 1 atom stereocenters. The molecule has 0 amide bonds. The molecular weight excluding hydrogens is 322 g/mol. The fourth-order valence-corrected chi connectivity index (χ4v) is 2.64. The average Bonchev–Trinajstić information content (AvgIpc) is 2.78. The summed E-state index contributed by atoms with van der Waals surface area (Å²) in [6, 6.07) is 0.237. The highest BCUT2D eigenvalue weighted by molar-refractivity contribution is 9.10. The van der Waals surface area contributed by atoms with Crippen LogP contribution in [-0.2, 0) is 16.1 Å². The molecule has 6 heteroatoms. The number of ether oxygens (including phenoxy) is 1. The van der Waals surface area contributed by atoms with Crippen molar-refractivity contribution in [2.75, 3.05) is 7.11 Å². The predicted octanol–water partition coefficient (Wildman–Crippen LogP) is 2.75. The minimum Gasteiger partial charge on any atom is -0.468 e. The molecule has 0 aliphatic rings. The van der Waals surface area contributed by atoms with Gasteiger partial charge < -0.3 is 4.74 Å². The van der Waals surface area contributed by atoms with E-state index < -0.39 is 5.54 Å². The molecule has 0 aromatic carbocycles. The van der Waals surface area contributed by atoms with Crippen molar-refractivity contribution in [1.29, 1.82) is 0 Å². The van der Waals surface area contributed by atoms with Gasteiger partial charge in [0.05, 0.1) is 17.8 Å². The molecule has 1 N–H and O–H groups in total. The summed E-state index contributed by atoms with van der Waals surface area (Å²) in [5.41, 5.74) is -0.617. The molecule has 5 nitrogen and oxygen atoms in total. The molecule has 20 heavy (non-hydrogen) atoms. The van der Waals surface area contributed by atoms with Gasteiger partial charge in [0.15, 0.2) is 0 Å². The molecule has 1 aromatic heterocycles. The number of carbonyl (C=O) groups is 1. The van der Waals surface area contributed by atoms with E-state index in [1.807, 2.05) is 31.6 Å². The van der Waals surface area contributed by atoms with Gasteiger partial charge in [0.1, 0.15) is 5.54 Å². The zero-order valence-corrected chi connectivity index (χ0v) is 14.2. The monoisotopic (exact) mass is 345 g/mol. The van der Waals surface area contributed by atoms with Crippen LogP contribution < -0.4 is 5.32 Å². The minimum absolute atomic E-state index is 0.201. The van der Waals surface area contributed by atoms with Crippen LogP contribution in [0.1, 0.15) is 40.0 Å². The zero-order chi connectivity index (χ0) is 15.2. The first kappa shape index (κ1) is 17.2. The maximum atomic E-state index is 11.9. The Balaban J connectivity index is 2.44. The normalized spacial score (nSPS) is 14.3. The van der Waals surface area contributed by atoms with Crippen LogP contribution in [0.4, 0.5) is 0 Å². The second-order valence-corrected chi connectivity index (χ2v) is 6.42. The summed E-state index contributed by atoms with van der Waals surface area (Å²) in [5.74, 6) is -0.201. The topological polar surface area (TPSA) is 56.2 Å². The van der Waals surface area contributed by atoms with E-state index in [0.717, 1.165) is 30.3 Å². The van der Waals surface area contributed by atoms with Crippen LogP contribution in [0.3, 0.4) is 0 Å². The Hall–Kier alpha value is -0.880. The second kappa shape index (κ2) is 7.78. The highest BCUT2D eigenvalue weighted by atomic mass is 79.9. The van der Waals surface area contributed by atoms with Gasteiger partial charge in [-0.15, -0.1) is 0 Å². The van der Waals surface area contributed by atoms with Crippen molar-refractivity contribution in [3.63, 3.8) is 0 Å². The van der Waals surface area contributed by atoms with Crippen molar-refractivity contribution >= 4 is 21.9 Å². The highest BCUT2D eigenvalue weighted by Gasteiger charge is 2.33. The Morgan fingerprint density at radius 3 is 2.75 bits per heavy atom. The number of aryl methyl sites for hydroxylation is 1. The first-order valence-corrected chi connectivity index (χ1v) is 7.71. The van der Waals surface area contributed by atoms with Gasteiger partial charge in [0, 0.05) is 18.8 Å². The van der Waals surface area contributed by atoms with Gasteiger partial charge in [-0.3, -0.25) is 14.8 Å². The first-order valence-electron chi connectivity index (χ1n) is 6.91. The van der Waals surface area contributed by atoms with Crippen molar-refractivity contribution in [2.45, 2.75) is 58.2 Å². The second-order valence-electron chi connectivity index (χ2n) is 5.50. The van der Waals surface area contributed by atoms with Crippen LogP contribution in [0.5, 0.6) is 0 Å². The van der Waals surface area contributed by atoms with Gasteiger partial charge in [-0.2, -0.15) is 5.10 Å². The van der Waals surface area contributed by atoms with Crippen LogP contribution >= 0.6 is 15.9 Å². The lowest BCUT2D eigenvalue weighted by molar-refractivity contribution is -0.148. The number of aromatic nitrogens is 2. The Morgan fingerprint density at radius 2 is 2.25 bits per heavy atom. The van der Waals surface area contributed by atoms with Crippen LogP contribution in [-0.4, -0.2) is 34.4 Å². The van der Waals surface area contributed by atoms with E-state index in [1.54, 1.807) is 6.20 Å². The Morgan fingerprint density at radius 1 is 1.55 bits per heavy atom. The van der Waals surface area contributed by atoms with E-state index in [1.165, 1.54) is 7.11 Å². The van der Waals surface area contributed by atoms with Gasteiger partial charge in [0.25, 0.3) is 0 Å². The van der Waals surface area contributed by atoms with Crippen molar-refractivity contribution in [3.8, 4) is 0 Å². The molecule has 0 radical (unpaired) electrons. The molecule has 0 fully saturated rings. The van der Waals surface area contributed by atoms with Gasteiger partial charge in [-0.1, -0.05) is 0 Å². The lowest BCUT2D eigenvalue weighted by atomic mass is 9.94. The number of nitrogens with one attached hydrogen (secondary N) is 1. The SMILES string of the molecule is COC(=O)C(C)(CCCCn1cc(Br)cn1)NC(C)C. The van der Waals surface area contributed by atoms with E-state index in [4.69, 9.17) is 4.74 Å². The minimum atomic E-state index is -0.617. The summed E-state index contributed by atoms with van der Waals surface area (Å²) in [6.07, 6.45) is 6.38. The van der Waals surface area contributed by atoms with Crippen LogP contribution in [0.15, 0.2) is 16.9 Å². The van der Waals surface area contributed by atoms with Crippen LogP contribution in [0, 0.1) is 0 Å². The molecule has 0 saturated carbocycles. The number of nitrogens with zero attached hydrogens (tertiary/aromatic N) is 2. The van der Waals surface area contributed by atoms with E-state index in [2.05, 4.69) is 26.3 Å². The summed E-state index contributed by atoms with van der Waals surface area (Å²) >= 11 is 3.37. The third kappa shape index (κ3) is 5.25. The smallest absolute Gasteiger partial charge is 0.325 e. The van der Waals surface area contributed by atoms with E-state index in [-0.39, 0.29) is 12.0 Å². The molecule has 0 aliphatic heterocycles. The fourth-order valence-electron chi connectivity index (χ4n) is 2.31. The molecular formula is C14H24BrN3O2. The standard InChI is InChI=1S/C14H24BrN3O2/c1-11(2)17-14(3,13(19)20-4)7-5-6-8-18-10-12(15)9-16-18/h9-11,17H,5-8H2,1-4H3. The van der Waals surface area contributed by atoms with Gasteiger partial charge in [0.2, 0.25) is 0 Å². The summed E-state index contributed by atoms with van der Waals surface area (Å²) in [5, 5.41) is 7.52. The van der Waals surface area contributed by atoms with Crippen LogP contribution in [0.25, 0.3) is 0 Å². The van der Waals surface area contributed by atoms with Crippen molar-refractivity contribution in [3.05, 3.63) is 16.9 Å². The van der Waals surface area contributed by atoms with Crippen molar-refractivity contribution in [1.82, 2.24) is 15.1 Å². The Kier molecular flexibility index (Phi) is 6.68. The molecule has 1 rings (SSSR count). The van der Waals surface area contributed by atoms with E-state index in [0.29, 0.717) is 0 Å². The quantitative estimate of drug-likeness (QED) is 0.581. The molecule has 1 unspecified atom stereocenters. The third-order valence-electron chi connectivity index (χ3n) is 3.16. The number of methoxy groups -OCH3 is 1. The number of carbonyl (C=O) groups excluding carboxylic acids is 1. The Labute approximate surface area is 129 Å². The molecule has 114 valence electrons. The van der Waals surface area contributed by atoms with Crippen molar-refractivity contribution in [2.24, 2.45) is 0 Å². The number of rotatable bonds is 8. The third-order valence-corrected chi connectivity index (χ3v) is 3.57. The number of hydrogen-bond acceptors (Lipinski definition) is 4. The number of halogens is 1. The summed E-state index contributed by atoms with van der Waals surface area (Å²) in [7, 11) is 1.43. The summed E-state index contributed by atoms with van der Waals surface area (Å²) in [6.45, 7) is 6.82. The van der Waals surface area contributed by atoms with Crippen LogP contribution in [0.2, 0.25) is 0 Å². The first-order chi connectivity index (χ1) is 9.37. The average molecular weight is 346 g/mol. The number of esters is 1. The lowest BCUT2D eigenvalue weighted by Crippen LogP contribution is -2.52. The Bertz CT molecular complexity index is 434. The fraction of sp³-hybridized carbons (Fsp3) is 0.714. The number of hydrogen-bond donors (Lipinski definition) is 1. The highest BCUT2D eigenvalue weighted by Crippen LogP contribution is 2.17. The van der Waals surface area contributed by atoms with Crippen molar-refractivity contribution < 1.29 is 9.53 Å². The van der Waals surface area contributed by atoms with Gasteiger partial charge in [-0.05, 0) is 56.0 Å². The molecule has 0 aliphatic carbocycles.